The van der Waals surface area contributed by atoms with Crippen LogP contribution in [0.5, 0.6) is 0 Å². The fourth-order valence-electron chi connectivity index (χ4n) is 3.05. The fraction of sp³-hybridized carbons (Fsp3) is 0.556. The van der Waals surface area contributed by atoms with Crippen LogP contribution in [0.2, 0.25) is 0 Å². The monoisotopic (exact) mass is 318 g/mol. The van der Waals surface area contributed by atoms with Crippen LogP contribution in [-0.4, -0.2) is 36.3 Å². The first-order chi connectivity index (χ1) is 11.1. The molecule has 1 saturated heterocycles. The second kappa shape index (κ2) is 7.11. The minimum absolute atomic E-state index is 0.0558. The Morgan fingerprint density at radius 3 is 2.74 bits per heavy atom. The number of rotatable bonds is 5. The molecular weight excluding hydrogens is 295 g/mol. The van der Waals surface area contributed by atoms with Crippen LogP contribution < -0.4 is 5.32 Å². The van der Waals surface area contributed by atoms with E-state index in [2.05, 4.69) is 5.32 Å². The number of nitrogens with one attached hydrogen (secondary N) is 1. The highest BCUT2D eigenvalue weighted by Crippen LogP contribution is 2.28. The maximum atomic E-state index is 13.7. The van der Waals surface area contributed by atoms with Gasteiger partial charge in [0.1, 0.15) is 5.82 Å². The molecule has 2 amide bonds. The number of benzene rings is 1. The molecule has 1 aromatic rings. The third-order valence-corrected chi connectivity index (χ3v) is 4.71. The van der Waals surface area contributed by atoms with E-state index in [4.69, 9.17) is 0 Å². The minimum Gasteiger partial charge on any atom is -0.356 e. The van der Waals surface area contributed by atoms with Crippen molar-refractivity contribution < 1.29 is 14.0 Å². The molecule has 1 aliphatic heterocycles. The molecule has 4 nitrogen and oxygen atoms in total. The van der Waals surface area contributed by atoms with Crippen molar-refractivity contribution >= 4 is 11.8 Å². The van der Waals surface area contributed by atoms with Crippen molar-refractivity contribution in [3.8, 4) is 0 Å². The van der Waals surface area contributed by atoms with Crippen molar-refractivity contribution in [1.29, 1.82) is 0 Å². The summed E-state index contributed by atoms with van der Waals surface area (Å²) in [6.07, 6.45) is 4.12. The lowest BCUT2D eigenvalue weighted by Crippen LogP contribution is -2.46. The predicted molar refractivity (Wildman–Crippen MR) is 85.1 cm³/mol. The van der Waals surface area contributed by atoms with Gasteiger partial charge in [0.2, 0.25) is 11.8 Å². The third-order valence-electron chi connectivity index (χ3n) is 4.71. The molecule has 1 atom stereocenters. The van der Waals surface area contributed by atoms with E-state index in [0.29, 0.717) is 24.6 Å². The molecule has 0 unspecified atom stereocenters. The fourth-order valence-corrected chi connectivity index (χ4v) is 3.05. The van der Waals surface area contributed by atoms with Crippen molar-refractivity contribution in [1.82, 2.24) is 10.2 Å². The number of hydrogen-bond donors (Lipinski definition) is 1. The zero-order chi connectivity index (χ0) is 16.2. The lowest BCUT2D eigenvalue weighted by molar-refractivity contribution is -0.135. The van der Waals surface area contributed by atoms with Gasteiger partial charge in [-0.05, 0) is 43.2 Å². The zero-order valence-corrected chi connectivity index (χ0v) is 13.3. The number of likely N-dealkylation sites (tertiary alicyclic amines) is 1. The van der Waals surface area contributed by atoms with Crippen molar-refractivity contribution in [2.45, 2.75) is 32.1 Å². The lowest BCUT2D eigenvalue weighted by Gasteiger charge is -2.32. The number of nitrogens with zero attached hydrogens (tertiary/aromatic N) is 1. The van der Waals surface area contributed by atoms with Crippen LogP contribution in [0.25, 0.3) is 0 Å². The maximum absolute atomic E-state index is 13.7. The summed E-state index contributed by atoms with van der Waals surface area (Å²) in [6, 6.07) is 6.35. The smallest absolute Gasteiger partial charge is 0.227 e. The van der Waals surface area contributed by atoms with Crippen LogP contribution in [0.3, 0.4) is 0 Å². The van der Waals surface area contributed by atoms with Crippen molar-refractivity contribution in [2.24, 2.45) is 11.8 Å². The molecule has 124 valence electrons. The van der Waals surface area contributed by atoms with Crippen LogP contribution >= 0.6 is 0 Å². The van der Waals surface area contributed by atoms with Gasteiger partial charge in [-0.3, -0.25) is 9.59 Å². The summed E-state index contributed by atoms with van der Waals surface area (Å²) in [4.78, 5) is 26.3. The summed E-state index contributed by atoms with van der Waals surface area (Å²) in [5.41, 5.74) is 0.415. The van der Waals surface area contributed by atoms with Crippen LogP contribution in [-0.2, 0) is 16.0 Å². The Morgan fingerprint density at radius 2 is 2.00 bits per heavy atom. The van der Waals surface area contributed by atoms with Crippen molar-refractivity contribution in [3.63, 3.8) is 0 Å². The van der Waals surface area contributed by atoms with Gasteiger partial charge in [-0.2, -0.15) is 0 Å². The van der Waals surface area contributed by atoms with Gasteiger partial charge in [-0.1, -0.05) is 18.2 Å². The van der Waals surface area contributed by atoms with Crippen LogP contribution in [0, 0.1) is 17.7 Å². The van der Waals surface area contributed by atoms with Crippen molar-refractivity contribution in [2.75, 3.05) is 19.6 Å². The molecular formula is C18H23FN2O2. The Balaban J connectivity index is 1.53. The molecule has 0 radical (unpaired) electrons. The summed E-state index contributed by atoms with van der Waals surface area (Å²) < 4.78 is 13.7. The molecule has 0 spiro atoms. The average Bonchev–Trinajstić information content (AvgIpc) is 3.39. The Hall–Kier alpha value is -1.91. The van der Waals surface area contributed by atoms with Crippen molar-refractivity contribution in [3.05, 3.63) is 35.6 Å². The van der Waals surface area contributed by atoms with E-state index in [0.717, 1.165) is 19.4 Å². The predicted octanol–water partition coefficient (Wildman–Crippen LogP) is 2.13. The van der Waals surface area contributed by atoms with Gasteiger partial charge in [0.25, 0.3) is 0 Å². The highest BCUT2D eigenvalue weighted by atomic mass is 19.1. The summed E-state index contributed by atoms with van der Waals surface area (Å²) in [7, 11) is 0. The largest absolute Gasteiger partial charge is 0.356 e. The van der Waals surface area contributed by atoms with Gasteiger partial charge in [0.05, 0.1) is 12.3 Å². The van der Waals surface area contributed by atoms with Gasteiger partial charge in [-0.25, -0.2) is 4.39 Å². The highest BCUT2D eigenvalue weighted by Gasteiger charge is 2.30. The molecule has 2 fully saturated rings. The van der Waals surface area contributed by atoms with Gasteiger partial charge < -0.3 is 10.2 Å². The molecule has 23 heavy (non-hydrogen) atoms. The molecule has 0 aromatic heterocycles. The van der Waals surface area contributed by atoms with Crippen LogP contribution in [0.1, 0.15) is 31.2 Å². The lowest BCUT2D eigenvalue weighted by atomic mass is 9.96. The number of carbonyl (C=O) groups excluding carboxylic acids is 2. The highest BCUT2D eigenvalue weighted by molar-refractivity contribution is 5.82. The second-order valence-electron chi connectivity index (χ2n) is 6.64. The Bertz CT molecular complexity index is 586. The SMILES string of the molecule is O=C(NCC1CC1)[C@H]1CCCN(C(=O)Cc2ccccc2F)C1. The third kappa shape index (κ3) is 4.30. The molecule has 2 aliphatic rings. The number of hydrogen-bond acceptors (Lipinski definition) is 2. The summed E-state index contributed by atoms with van der Waals surface area (Å²) in [5.74, 6) is 0.125. The van der Waals surface area contributed by atoms with E-state index in [1.165, 1.54) is 18.9 Å². The van der Waals surface area contributed by atoms with E-state index in [1.807, 2.05) is 0 Å². The van der Waals surface area contributed by atoms with Gasteiger partial charge in [-0.15, -0.1) is 0 Å². The molecule has 1 saturated carbocycles. The molecule has 1 heterocycles. The first-order valence-corrected chi connectivity index (χ1v) is 8.42. The maximum Gasteiger partial charge on any atom is 0.227 e. The van der Waals surface area contributed by atoms with E-state index >= 15 is 0 Å². The number of carbonyl (C=O) groups is 2. The molecule has 1 aliphatic carbocycles. The number of halogens is 1. The summed E-state index contributed by atoms with van der Waals surface area (Å²) in [6.45, 7) is 1.86. The molecule has 0 bridgehead atoms. The second-order valence-corrected chi connectivity index (χ2v) is 6.64. The quantitative estimate of drug-likeness (QED) is 0.904. The molecule has 1 N–H and O–H groups in total. The zero-order valence-electron chi connectivity index (χ0n) is 13.3. The van der Waals surface area contributed by atoms with Gasteiger partial charge in [0, 0.05) is 19.6 Å². The molecule has 1 aromatic carbocycles. The van der Waals surface area contributed by atoms with E-state index < -0.39 is 0 Å². The first kappa shape index (κ1) is 16.0. The number of amides is 2. The number of piperidine rings is 1. The minimum atomic E-state index is -0.350. The van der Waals surface area contributed by atoms with Gasteiger partial charge >= 0.3 is 0 Å². The first-order valence-electron chi connectivity index (χ1n) is 8.42. The Kier molecular flexibility index (Phi) is 4.94. The topological polar surface area (TPSA) is 49.4 Å². The standard InChI is InChI=1S/C18H23FN2O2/c19-16-6-2-1-4-14(16)10-17(22)21-9-3-5-15(12-21)18(23)20-11-13-7-8-13/h1-2,4,6,13,15H,3,5,7-12H2,(H,20,23)/t15-/m0/s1. The van der Waals surface area contributed by atoms with E-state index in [1.54, 1.807) is 23.1 Å². The van der Waals surface area contributed by atoms with E-state index in [9.17, 15) is 14.0 Å². The van der Waals surface area contributed by atoms with E-state index in [-0.39, 0.29) is 30.0 Å². The summed E-state index contributed by atoms with van der Waals surface area (Å²) >= 11 is 0. The Morgan fingerprint density at radius 1 is 1.22 bits per heavy atom. The van der Waals surface area contributed by atoms with Crippen LogP contribution in [0.4, 0.5) is 4.39 Å². The molecule has 5 heteroatoms. The average molecular weight is 318 g/mol. The normalized spacial score (nSPS) is 21.1. The van der Waals surface area contributed by atoms with Gasteiger partial charge in [0.15, 0.2) is 0 Å². The molecule has 3 rings (SSSR count). The van der Waals surface area contributed by atoms with Crippen LogP contribution in [0.15, 0.2) is 24.3 Å². The summed E-state index contributed by atoms with van der Waals surface area (Å²) in [5, 5.41) is 3.00. The Labute approximate surface area is 136 Å².